The van der Waals surface area contributed by atoms with Crippen LogP contribution in [-0.2, 0) is 11.3 Å². The summed E-state index contributed by atoms with van der Waals surface area (Å²) in [7, 11) is 0. The number of furan rings is 1. The van der Waals surface area contributed by atoms with Crippen LogP contribution in [0.5, 0.6) is 5.75 Å². The summed E-state index contributed by atoms with van der Waals surface area (Å²) in [6, 6.07) is 9.72. The van der Waals surface area contributed by atoms with Crippen LogP contribution in [0.1, 0.15) is 16.3 Å². The van der Waals surface area contributed by atoms with E-state index in [9.17, 15) is 9.59 Å². The van der Waals surface area contributed by atoms with Crippen molar-refractivity contribution in [1.82, 2.24) is 0 Å². The van der Waals surface area contributed by atoms with E-state index in [-0.39, 0.29) is 24.8 Å². The minimum atomic E-state index is -0.555. The van der Waals surface area contributed by atoms with E-state index in [2.05, 4.69) is 5.32 Å². The van der Waals surface area contributed by atoms with Gasteiger partial charge in [0.2, 0.25) is 0 Å². The zero-order chi connectivity index (χ0) is 15.2. The van der Waals surface area contributed by atoms with E-state index in [0.717, 1.165) is 0 Å². The molecule has 0 aliphatic carbocycles. The number of benzene rings is 1. The lowest BCUT2D eigenvalue weighted by molar-refractivity contribution is -0.119. The predicted octanol–water partition coefficient (Wildman–Crippen LogP) is 0.855. The molecule has 0 spiro atoms. The highest BCUT2D eigenvalue weighted by atomic mass is 16.5. The first-order valence-electron chi connectivity index (χ1n) is 6.20. The highest BCUT2D eigenvalue weighted by Gasteiger charge is 2.11. The zero-order valence-corrected chi connectivity index (χ0v) is 11.2. The summed E-state index contributed by atoms with van der Waals surface area (Å²) in [5.74, 6) is 0.275. The lowest BCUT2D eigenvalue weighted by Crippen LogP contribution is -2.20. The van der Waals surface area contributed by atoms with Crippen molar-refractivity contribution >= 4 is 17.5 Å². The zero-order valence-electron chi connectivity index (χ0n) is 11.2. The molecule has 0 bridgehead atoms. The van der Waals surface area contributed by atoms with Crippen molar-refractivity contribution in [2.75, 3.05) is 11.9 Å². The Morgan fingerprint density at radius 1 is 1.14 bits per heavy atom. The molecule has 1 aromatic carbocycles. The quantitative estimate of drug-likeness (QED) is 0.728. The van der Waals surface area contributed by atoms with E-state index in [4.69, 9.17) is 20.6 Å². The maximum Gasteiger partial charge on any atom is 0.291 e. The number of nitrogens with two attached hydrogens (primary N) is 2. The van der Waals surface area contributed by atoms with E-state index >= 15 is 0 Å². The van der Waals surface area contributed by atoms with E-state index in [1.807, 2.05) is 0 Å². The normalized spacial score (nSPS) is 10.1. The summed E-state index contributed by atoms with van der Waals surface area (Å²) in [6.45, 7) is 0.0408. The van der Waals surface area contributed by atoms with E-state index in [1.165, 1.54) is 0 Å². The number of ether oxygens (including phenoxy) is 1. The van der Waals surface area contributed by atoms with Crippen LogP contribution >= 0.6 is 0 Å². The number of hydrogen-bond donors (Lipinski definition) is 3. The molecule has 0 radical (unpaired) electrons. The van der Waals surface area contributed by atoms with E-state index in [0.29, 0.717) is 17.2 Å². The molecule has 0 unspecified atom stereocenters. The first-order chi connectivity index (χ1) is 10.1. The van der Waals surface area contributed by atoms with Crippen LogP contribution in [0.25, 0.3) is 0 Å². The monoisotopic (exact) mass is 289 g/mol. The number of amides is 2. The van der Waals surface area contributed by atoms with E-state index < -0.39 is 5.91 Å². The number of primary amides is 1. The SMILES string of the molecule is NCc1ccc(C(=O)Nc2ccc(OCC(N)=O)cc2)o1. The molecular weight excluding hydrogens is 274 g/mol. The molecule has 0 atom stereocenters. The Labute approximate surface area is 120 Å². The third kappa shape index (κ3) is 4.08. The van der Waals surface area contributed by atoms with Gasteiger partial charge in [-0.2, -0.15) is 0 Å². The Kier molecular flexibility index (Phi) is 4.57. The number of nitrogens with one attached hydrogen (secondary N) is 1. The Balaban J connectivity index is 1.96. The van der Waals surface area contributed by atoms with Crippen molar-refractivity contribution in [2.45, 2.75) is 6.54 Å². The molecule has 7 nitrogen and oxygen atoms in total. The topological polar surface area (TPSA) is 121 Å². The number of rotatable bonds is 6. The van der Waals surface area contributed by atoms with Gasteiger partial charge in [0.05, 0.1) is 6.54 Å². The van der Waals surface area contributed by atoms with Crippen molar-refractivity contribution in [3.63, 3.8) is 0 Å². The van der Waals surface area contributed by atoms with Crippen LogP contribution in [-0.4, -0.2) is 18.4 Å². The molecule has 7 heteroatoms. The molecule has 0 saturated carbocycles. The second kappa shape index (κ2) is 6.58. The molecular formula is C14H15N3O4. The Morgan fingerprint density at radius 3 is 2.43 bits per heavy atom. The summed E-state index contributed by atoms with van der Waals surface area (Å²) in [5, 5.41) is 2.67. The average molecular weight is 289 g/mol. The van der Waals surface area contributed by atoms with Gasteiger partial charge >= 0.3 is 0 Å². The molecule has 5 N–H and O–H groups in total. The summed E-state index contributed by atoms with van der Waals surface area (Å²) < 4.78 is 10.4. The van der Waals surface area contributed by atoms with Crippen LogP contribution in [0, 0.1) is 0 Å². The Hall–Kier alpha value is -2.80. The lowest BCUT2D eigenvalue weighted by atomic mass is 10.3. The summed E-state index contributed by atoms with van der Waals surface area (Å²) in [4.78, 5) is 22.5. The smallest absolute Gasteiger partial charge is 0.291 e. The van der Waals surface area contributed by atoms with Crippen molar-refractivity contribution < 1.29 is 18.7 Å². The third-order valence-electron chi connectivity index (χ3n) is 2.58. The highest BCUT2D eigenvalue weighted by molar-refractivity contribution is 6.02. The summed E-state index contributed by atoms with van der Waals surface area (Å²) in [5.41, 5.74) is 11.0. The first-order valence-corrected chi connectivity index (χ1v) is 6.20. The van der Waals surface area contributed by atoms with Crippen molar-refractivity contribution in [3.8, 4) is 5.75 Å². The molecule has 2 amide bonds. The number of hydrogen-bond acceptors (Lipinski definition) is 5. The minimum Gasteiger partial charge on any atom is -0.484 e. The van der Waals surface area contributed by atoms with E-state index in [1.54, 1.807) is 36.4 Å². The van der Waals surface area contributed by atoms with Gasteiger partial charge < -0.3 is 25.9 Å². The molecule has 2 rings (SSSR count). The first kappa shape index (κ1) is 14.6. The fourth-order valence-electron chi connectivity index (χ4n) is 1.59. The van der Waals surface area contributed by atoms with Gasteiger partial charge in [-0.15, -0.1) is 0 Å². The van der Waals surface area contributed by atoms with Crippen LogP contribution in [0.4, 0.5) is 5.69 Å². The predicted molar refractivity (Wildman–Crippen MR) is 75.7 cm³/mol. The number of carbonyl (C=O) groups is 2. The summed E-state index contributed by atoms with van der Waals surface area (Å²) >= 11 is 0. The molecule has 0 fully saturated rings. The lowest BCUT2D eigenvalue weighted by Gasteiger charge is -2.06. The summed E-state index contributed by atoms with van der Waals surface area (Å²) in [6.07, 6.45) is 0. The molecule has 1 aromatic heterocycles. The number of anilines is 1. The third-order valence-corrected chi connectivity index (χ3v) is 2.58. The van der Waals surface area contributed by atoms with Gasteiger partial charge in [0.15, 0.2) is 12.4 Å². The number of carbonyl (C=O) groups excluding carboxylic acids is 2. The maximum absolute atomic E-state index is 11.9. The fourth-order valence-corrected chi connectivity index (χ4v) is 1.59. The van der Waals surface area contributed by atoms with Gasteiger partial charge in [-0.05, 0) is 36.4 Å². The second-order valence-electron chi connectivity index (χ2n) is 4.20. The standard InChI is InChI=1S/C14H15N3O4/c15-7-11-5-6-12(21-11)14(19)17-9-1-3-10(4-2-9)20-8-13(16)18/h1-6H,7-8,15H2,(H2,16,18)(H,17,19). The maximum atomic E-state index is 11.9. The molecule has 0 aliphatic rings. The van der Waals surface area contributed by atoms with Gasteiger partial charge in [-0.1, -0.05) is 0 Å². The van der Waals surface area contributed by atoms with Crippen molar-refractivity contribution in [2.24, 2.45) is 11.5 Å². The Morgan fingerprint density at radius 2 is 1.86 bits per heavy atom. The van der Waals surface area contributed by atoms with Crippen molar-refractivity contribution in [1.29, 1.82) is 0 Å². The largest absolute Gasteiger partial charge is 0.484 e. The van der Waals surface area contributed by atoms with Gasteiger partial charge in [0, 0.05) is 5.69 Å². The fraction of sp³-hybridized carbons (Fsp3) is 0.143. The Bertz CT molecular complexity index is 634. The molecule has 110 valence electrons. The molecule has 1 heterocycles. The minimum absolute atomic E-state index is 0.185. The van der Waals surface area contributed by atoms with Gasteiger partial charge in [-0.3, -0.25) is 9.59 Å². The van der Waals surface area contributed by atoms with Crippen LogP contribution < -0.4 is 21.5 Å². The molecule has 21 heavy (non-hydrogen) atoms. The second-order valence-corrected chi connectivity index (χ2v) is 4.20. The highest BCUT2D eigenvalue weighted by Crippen LogP contribution is 2.17. The van der Waals surface area contributed by atoms with Crippen LogP contribution in [0.2, 0.25) is 0 Å². The molecule has 2 aromatic rings. The van der Waals surface area contributed by atoms with Gasteiger partial charge in [0.25, 0.3) is 11.8 Å². The van der Waals surface area contributed by atoms with Crippen molar-refractivity contribution in [3.05, 3.63) is 47.9 Å². The van der Waals surface area contributed by atoms with Crippen LogP contribution in [0.3, 0.4) is 0 Å². The molecule has 0 saturated heterocycles. The van der Waals surface area contributed by atoms with Gasteiger partial charge in [0.1, 0.15) is 11.5 Å². The van der Waals surface area contributed by atoms with Crippen LogP contribution in [0.15, 0.2) is 40.8 Å². The molecule has 0 aliphatic heterocycles. The van der Waals surface area contributed by atoms with Gasteiger partial charge in [-0.25, -0.2) is 0 Å². The average Bonchev–Trinajstić information content (AvgIpc) is 2.95.